The molecule has 0 bridgehead atoms. The fourth-order valence-electron chi connectivity index (χ4n) is 3.10. The van der Waals surface area contributed by atoms with Gasteiger partial charge in [-0.3, -0.25) is 4.79 Å². The standard InChI is InChI=1S/C17H24N4O2/c1-12-6-16(20-11-19-12)21-10-15(23-2)8-14(21)9-18-17(22)7-13-4-3-5-13/h6-7,11,14-15H,3-5,8-10H2,1-2H3,(H,18,22)/t14-,15-/m0/s1. The van der Waals surface area contributed by atoms with Crippen molar-refractivity contribution >= 4 is 11.7 Å². The van der Waals surface area contributed by atoms with Crippen LogP contribution in [0.15, 0.2) is 24.0 Å². The molecule has 0 radical (unpaired) electrons. The summed E-state index contributed by atoms with van der Waals surface area (Å²) in [5, 5.41) is 3.03. The molecule has 6 heteroatoms. The molecule has 124 valence electrons. The van der Waals surface area contributed by atoms with Crippen molar-refractivity contribution in [3.63, 3.8) is 0 Å². The molecule has 6 nitrogen and oxygen atoms in total. The minimum atomic E-state index is 0.0133. The van der Waals surface area contributed by atoms with Crippen LogP contribution in [0.3, 0.4) is 0 Å². The third kappa shape index (κ3) is 3.88. The van der Waals surface area contributed by atoms with Gasteiger partial charge in [-0.2, -0.15) is 0 Å². The van der Waals surface area contributed by atoms with Gasteiger partial charge >= 0.3 is 0 Å². The van der Waals surface area contributed by atoms with Gasteiger partial charge in [-0.1, -0.05) is 5.57 Å². The summed E-state index contributed by atoms with van der Waals surface area (Å²) in [6, 6.07) is 2.17. The molecular formula is C17H24N4O2. The lowest BCUT2D eigenvalue weighted by Gasteiger charge is -2.25. The van der Waals surface area contributed by atoms with Gasteiger partial charge in [0.2, 0.25) is 5.91 Å². The molecule has 1 saturated carbocycles. The minimum absolute atomic E-state index is 0.0133. The first-order valence-electron chi connectivity index (χ1n) is 8.21. The molecule has 1 saturated heterocycles. The number of rotatable bonds is 5. The first kappa shape index (κ1) is 15.9. The Morgan fingerprint density at radius 1 is 1.48 bits per heavy atom. The number of aromatic nitrogens is 2. The number of allylic oxidation sites excluding steroid dienone is 1. The number of ether oxygens (including phenoxy) is 1. The Morgan fingerprint density at radius 3 is 2.96 bits per heavy atom. The smallest absolute Gasteiger partial charge is 0.244 e. The molecule has 2 fully saturated rings. The molecular weight excluding hydrogens is 292 g/mol. The van der Waals surface area contributed by atoms with E-state index in [0.29, 0.717) is 6.54 Å². The topological polar surface area (TPSA) is 67.3 Å². The molecule has 2 aliphatic rings. The van der Waals surface area contributed by atoms with E-state index in [1.54, 1.807) is 19.5 Å². The summed E-state index contributed by atoms with van der Waals surface area (Å²) in [7, 11) is 1.73. The van der Waals surface area contributed by atoms with Crippen LogP contribution < -0.4 is 10.2 Å². The van der Waals surface area contributed by atoms with Gasteiger partial charge in [0.05, 0.1) is 12.1 Å². The van der Waals surface area contributed by atoms with Gasteiger partial charge in [-0.05, 0) is 32.6 Å². The average Bonchev–Trinajstić information content (AvgIpc) is 2.92. The van der Waals surface area contributed by atoms with Gasteiger partial charge in [0.15, 0.2) is 0 Å². The molecule has 0 aromatic carbocycles. The molecule has 3 rings (SSSR count). The van der Waals surface area contributed by atoms with Gasteiger partial charge in [0.1, 0.15) is 12.1 Å². The van der Waals surface area contributed by atoms with E-state index in [2.05, 4.69) is 20.2 Å². The largest absolute Gasteiger partial charge is 0.380 e. The number of carbonyl (C=O) groups is 1. The Balaban J connectivity index is 1.64. The van der Waals surface area contributed by atoms with E-state index >= 15 is 0 Å². The number of nitrogens with one attached hydrogen (secondary N) is 1. The highest BCUT2D eigenvalue weighted by Gasteiger charge is 2.33. The maximum absolute atomic E-state index is 12.0. The molecule has 1 aliphatic carbocycles. The quantitative estimate of drug-likeness (QED) is 0.836. The second-order valence-corrected chi connectivity index (χ2v) is 6.32. The van der Waals surface area contributed by atoms with Crippen molar-refractivity contribution in [1.82, 2.24) is 15.3 Å². The molecule has 1 aromatic heterocycles. The summed E-state index contributed by atoms with van der Waals surface area (Å²) in [6.45, 7) is 3.34. The van der Waals surface area contributed by atoms with E-state index < -0.39 is 0 Å². The maximum atomic E-state index is 12.0. The van der Waals surface area contributed by atoms with Crippen LogP contribution in [0, 0.1) is 6.92 Å². The van der Waals surface area contributed by atoms with Gasteiger partial charge in [0, 0.05) is 38.0 Å². The van der Waals surface area contributed by atoms with E-state index in [1.165, 1.54) is 12.0 Å². The summed E-state index contributed by atoms with van der Waals surface area (Å²) in [6.07, 6.45) is 7.72. The number of amides is 1. The van der Waals surface area contributed by atoms with Crippen LogP contribution >= 0.6 is 0 Å². The van der Waals surface area contributed by atoms with E-state index in [4.69, 9.17) is 4.74 Å². The van der Waals surface area contributed by atoms with Crippen molar-refractivity contribution in [1.29, 1.82) is 0 Å². The van der Waals surface area contributed by atoms with Crippen LogP contribution in [0.2, 0.25) is 0 Å². The number of nitrogens with zero attached hydrogens (tertiary/aromatic N) is 3. The third-order valence-electron chi connectivity index (χ3n) is 4.64. The summed E-state index contributed by atoms with van der Waals surface area (Å²) < 4.78 is 5.51. The zero-order valence-electron chi connectivity index (χ0n) is 13.8. The predicted octanol–water partition coefficient (Wildman–Crippen LogP) is 1.61. The van der Waals surface area contributed by atoms with Crippen LogP contribution in [0.25, 0.3) is 0 Å². The maximum Gasteiger partial charge on any atom is 0.244 e. The highest BCUT2D eigenvalue weighted by molar-refractivity contribution is 5.88. The molecule has 1 aliphatic heterocycles. The normalized spacial score (nSPS) is 23.6. The first-order valence-corrected chi connectivity index (χ1v) is 8.21. The summed E-state index contributed by atoms with van der Waals surface area (Å²) >= 11 is 0. The summed E-state index contributed by atoms with van der Waals surface area (Å²) in [5.74, 6) is 0.910. The van der Waals surface area contributed by atoms with Gasteiger partial charge in [-0.15, -0.1) is 0 Å². The highest BCUT2D eigenvalue weighted by Crippen LogP contribution is 2.26. The minimum Gasteiger partial charge on any atom is -0.380 e. The molecule has 1 amide bonds. The van der Waals surface area contributed by atoms with E-state index in [-0.39, 0.29) is 18.1 Å². The Morgan fingerprint density at radius 2 is 2.30 bits per heavy atom. The molecule has 1 N–H and O–H groups in total. The van der Waals surface area contributed by atoms with Crippen LogP contribution in [0.1, 0.15) is 31.4 Å². The molecule has 23 heavy (non-hydrogen) atoms. The zero-order chi connectivity index (χ0) is 16.2. The lowest BCUT2D eigenvalue weighted by molar-refractivity contribution is -0.116. The second kappa shape index (κ2) is 7.08. The molecule has 1 aromatic rings. The molecule has 2 heterocycles. The fraction of sp³-hybridized carbons (Fsp3) is 0.588. The number of aryl methyl sites for hydroxylation is 1. The van der Waals surface area contributed by atoms with Gasteiger partial charge in [-0.25, -0.2) is 9.97 Å². The third-order valence-corrected chi connectivity index (χ3v) is 4.64. The average molecular weight is 316 g/mol. The SMILES string of the molecule is CO[C@H]1C[C@@H](CNC(=O)C=C2CCC2)N(c2cc(C)ncn2)C1. The highest BCUT2D eigenvalue weighted by atomic mass is 16.5. The number of methoxy groups -OCH3 is 1. The van der Waals surface area contributed by atoms with Crippen molar-refractivity contribution in [2.24, 2.45) is 0 Å². The van der Waals surface area contributed by atoms with E-state index in [0.717, 1.165) is 37.3 Å². The van der Waals surface area contributed by atoms with Crippen molar-refractivity contribution in [2.45, 2.75) is 44.8 Å². The second-order valence-electron chi connectivity index (χ2n) is 6.32. The number of hydrogen-bond donors (Lipinski definition) is 1. The van der Waals surface area contributed by atoms with Crippen LogP contribution in [0.5, 0.6) is 0 Å². The number of hydrogen-bond acceptors (Lipinski definition) is 5. The number of anilines is 1. The van der Waals surface area contributed by atoms with E-state index in [1.807, 2.05) is 13.0 Å². The number of carbonyl (C=O) groups excluding carboxylic acids is 1. The lowest BCUT2D eigenvalue weighted by atomic mass is 9.92. The first-order chi connectivity index (χ1) is 11.2. The monoisotopic (exact) mass is 316 g/mol. The van der Waals surface area contributed by atoms with Crippen molar-refractivity contribution in [3.8, 4) is 0 Å². The lowest BCUT2D eigenvalue weighted by Crippen LogP contribution is -2.40. The van der Waals surface area contributed by atoms with Crippen LogP contribution in [-0.4, -0.2) is 48.2 Å². The van der Waals surface area contributed by atoms with Crippen molar-refractivity contribution in [2.75, 3.05) is 25.1 Å². The van der Waals surface area contributed by atoms with Crippen molar-refractivity contribution < 1.29 is 9.53 Å². The Kier molecular flexibility index (Phi) is 4.91. The Bertz CT molecular complexity index is 596. The molecule has 0 unspecified atom stereocenters. The fourth-order valence-corrected chi connectivity index (χ4v) is 3.10. The Hall–Kier alpha value is -1.95. The summed E-state index contributed by atoms with van der Waals surface area (Å²) in [5.41, 5.74) is 2.19. The molecule has 0 spiro atoms. The van der Waals surface area contributed by atoms with Crippen LogP contribution in [-0.2, 0) is 9.53 Å². The van der Waals surface area contributed by atoms with Crippen molar-refractivity contribution in [3.05, 3.63) is 29.7 Å². The van der Waals surface area contributed by atoms with Gasteiger partial charge in [0.25, 0.3) is 0 Å². The van der Waals surface area contributed by atoms with Gasteiger partial charge < -0.3 is 15.0 Å². The predicted molar refractivity (Wildman–Crippen MR) is 88.3 cm³/mol. The molecule has 2 atom stereocenters. The summed E-state index contributed by atoms with van der Waals surface area (Å²) in [4.78, 5) is 22.7. The zero-order valence-corrected chi connectivity index (χ0v) is 13.8. The van der Waals surface area contributed by atoms with E-state index in [9.17, 15) is 4.79 Å². The van der Waals surface area contributed by atoms with Crippen LogP contribution in [0.4, 0.5) is 5.82 Å². The Labute approximate surface area is 136 Å².